The van der Waals surface area contributed by atoms with Crippen molar-refractivity contribution in [1.82, 2.24) is 4.98 Å². The first-order valence-corrected chi connectivity index (χ1v) is 7.56. The summed E-state index contributed by atoms with van der Waals surface area (Å²) >= 11 is 3.22. The standard InChI is InChI=1S/C12H10BrFN2O2S/c1-8-2-3-10(14)7-11(8)19(17,18)16-12-6-9(13)4-5-15-12/h2-7H,1H3,(H,15,16). The lowest BCUT2D eigenvalue weighted by Gasteiger charge is -2.09. The summed E-state index contributed by atoms with van der Waals surface area (Å²) in [6, 6.07) is 6.80. The Morgan fingerprint density at radius 1 is 1.26 bits per heavy atom. The maximum atomic E-state index is 13.2. The molecule has 2 rings (SSSR count). The highest BCUT2D eigenvalue weighted by Gasteiger charge is 2.18. The minimum Gasteiger partial charge on any atom is -0.263 e. The molecule has 0 bridgehead atoms. The molecule has 1 aromatic heterocycles. The lowest BCUT2D eigenvalue weighted by atomic mass is 10.2. The van der Waals surface area contributed by atoms with Crippen molar-refractivity contribution in [2.45, 2.75) is 11.8 Å². The zero-order chi connectivity index (χ0) is 14.0. The van der Waals surface area contributed by atoms with E-state index in [1.807, 2.05) is 0 Å². The van der Waals surface area contributed by atoms with E-state index in [0.29, 0.717) is 10.0 Å². The average Bonchev–Trinajstić information content (AvgIpc) is 2.31. The highest BCUT2D eigenvalue weighted by atomic mass is 79.9. The van der Waals surface area contributed by atoms with Gasteiger partial charge in [-0.05, 0) is 36.8 Å². The zero-order valence-electron chi connectivity index (χ0n) is 9.89. The number of rotatable bonds is 3. The van der Waals surface area contributed by atoms with Crippen LogP contribution in [0.4, 0.5) is 10.2 Å². The number of aromatic nitrogens is 1. The van der Waals surface area contributed by atoms with Crippen LogP contribution >= 0.6 is 15.9 Å². The molecule has 7 heteroatoms. The minimum atomic E-state index is -3.86. The number of anilines is 1. The second-order valence-electron chi connectivity index (χ2n) is 3.87. The number of nitrogens with zero attached hydrogens (tertiary/aromatic N) is 1. The highest BCUT2D eigenvalue weighted by molar-refractivity contribution is 9.10. The van der Waals surface area contributed by atoms with E-state index in [2.05, 4.69) is 25.6 Å². The van der Waals surface area contributed by atoms with Crippen LogP contribution in [0.1, 0.15) is 5.56 Å². The first-order chi connectivity index (χ1) is 8.88. The summed E-state index contributed by atoms with van der Waals surface area (Å²) in [6.07, 6.45) is 1.46. The third-order valence-corrected chi connectivity index (χ3v) is 4.39. The van der Waals surface area contributed by atoms with Gasteiger partial charge in [-0.15, -0.1) is 0 Å². The van der Waals surface area contributed by atoms with Crippen LogP contribution < -0.4 is 4.72 Å². The number of aryl methyl sites for hydroxylation is 1. The van der Waals surface area contributed by atoms with Gasteiger partial charge in [0.05, 0.1) is 4.90 Å². The molecule has 0 spiro atoms. The fourth-order valence-electron chi connectivity index (χ4n) is 1.52. The number of benzene rings is 1. The molecule has 0 aliphatic heterocycles. The summed E-state index contributed by atoms with van der Waals surface area (Å²) in [5.74, 6) is -0.439. The first kappa shape index (κ1) is 14.0. The Kier molecular flexibility index (Phi) is 3.86. The maximum absolute atomic E-state index is 13.2. The zero-order valence-corrected chi connectivity index (χ0v) is 12.3. The lowest BCUT2D eigenvalue weighted by molar-refractivity contribution is 0.594. The fourth-order valence-corrected chi connectivity index (χ4v) is 3.11. The van der Waals surface area contributed by atoms with Crippen molar-refractivity contribution in [3.63, 3.8) is 0 Å². The van der Waals surface area contributed by atoms with Gasteiger partial charge in [0.25, 0.3) is 10.0 Å². The Labute approximate surface area is 118 Å². The van der Waals surface area contributed by atoms with Gasteiger partial charge in [0.15, 0.2) is 0 Å². The summed E-state index contributed by atoms with van der Waals surface area (Å²) < 4.78 is 40.5. The molecular formula is C12H10BrFN2O2S. The van der Waals surface area contributed by atoms with Gasteiger partial charge in [0.1, 0.15) is 11.6 Å². The molecule has 0 amide bonds. The van der Waals surface area contributed by atoms with Crippen LogP contribution in [-0.4, -0.2) is 13.4 Å². The van der Waals surface area contributed by atoms with Crippen LogP contribution in [0.3, 0.4) is 0 Å². The van der Waals surface area contributed by atoms with Gasteiger partial charge in [0, 0.05) is 10.7 Å². The Morgan fingerprint density at radius 3 is 2.68 bits per heavy atom. The van der Waals surface area contributed by atoms with E-state index < -0.39 is 15.8 Å². The van der Waals surface area contributed by atoms with Crippen molar-refractivity contribution < 1.29 is 12.8 Å². The molecule has 0 fully saturated rings. The van der Waals surface area contributed by atoms with Crippen LogP contribution in [0.5, 0.6) is 0 Å². The first-order valence-electron chi connectivity index (χ1n) is 5.29. The fraction of sp³-hybridized carbons (Fsp3) is 0.0833. The van der Waals surface area contributed by atoms with E-state index in [9.17, 15) is 12.8 Å². The second-order valence-corrected chi connectivity index (χ2v) is 6.44. The Morgan fingerprint density at radius 2 is 2.00 bits per heavy atom. The van der Waals surface area contributed by atoms with Gasteiger partial charge in [-0.3, -0.25) is 4.72 Å². The van der Waals surface area contributed by atoms with Crippen molar-refractivity contribution in [1.29, 1.82) is 0 Å². The molecule has 0 saturated carbocycles. The van der Waals surface area contributed by atoms with Crippen molar-refractivity contribution in [3.8, 4) is 0 Å². The largest absolute Gasteiger partial charge is 0.263 e. The third kappa shape index (κ3) is 3.30. The van der Waals surface area contributed by atoms with Gasteiger partial charge < -0.3 is 0 Å². The number of nitrogens with one attached hydrogen (secondary N) is 1. The molecule has 0 saturated heterocycles. The topological polar surface area (TPSA) is 59.1 Å². The summed E-state index contributed by atoms with van der Waals surface area (Å²) in [5.41, 5.74) is 0.462. The van der Waals surface area contributed by atoms with Crippen LogP contribution in [0.15, 0.2) is 45.9 Å². The Bertz CT molecular complexity index is 719. The average molecular weight is 345 g/mol. The van der Waals surface area contributed by atoms with E-state index in [1.165, 1.54) is 24.4 Å². The van der Waals surface area contributed by atoms with Gasteiger partial charge in [-0.1, -0.05) is 22.0 Å². The normalized spacial score (nSPS) is 11.3. The van der Waals surface area contributed by atoms with Crippen molar-refractivity contribution in [3.05, 3.63) is 52.4 Å². The molecule has 0 atom stereocenters. The van der Waals surface area contributed by atoms with Crippen LogP contribution in [0.25, 0.3) is 0 Å². The molecule has 19 heavy (non-hydrogen) atoms. The van der Waals surface area contributed by atoms with E-state index in [4.69, 9.17) is 0 Å². The van der Waals surface area contributed by atoms with Crippen molar-refractivity contribution in [2.24, 2.45) is 0 Å². The molecule has 1 N–H and O–H groups in total. The molecule has 1 heterocycles. The highest BCUT2D eigenvalue weighted by Crippen LogP contribution is 2.20. The predicted molar refractivity (Wildman–Crippen MR) is 73.9 cm³/mol. The SMILES string of the molecule is Cc1ccc(F)cc1S(=O)(=O)Nc1cc(Br)ccn1. The molecule has 2 aromatic rings. The number of sulfonamides is 1. The second kappa shape index (κ2) is 5.26. The Balaban J connectivity index is 2.40. The molecule has 0 unspecified atom stereocenters. The van der Waals surface area contributed by atoms with Gasteiger partial charge >= 0.3 is 0 Å². The molecule has 100 valence electrons. The molecular weight excluding hydrogens is 335 g/mol. The van der Waals surface area contributed by atoms with E-state index in [0.717, 1.165) is 6.07 Å². The molecule has 0 aliphatic carbocycles. The van der Waals surface area contributed by atoms with Crippen molar-refractivity contribution in [2.75, 3.05) is 4.72 Å². The van der Waals surface area contributed by atoms with Crippen molar-refractivity contribution >= 4 is 31.8 Å². The molecule has 0 radical (unpaired) electrons. The smallest absolute Gasteiger partial charge is 0.263 e. The Hall–Kier alpha value is -1.47. The number of hydrogen-bond acceptors (Lipinski definition) is 3. The summed E-state index contributed by atoms with van der Waals surface area (Å²) in [5, 5.41) is 0. The molecule has 1 aromatic carbocycles. The lowest BCUT2D eigenvalue weighted by Crippen LogP contribution is -2.15. The van der Waals surface area contributed by atoms with E-state index in [1.54, 1.807) is 13.0 Å². The minimum absolute atomic E-state index is 0.103. The summed E-state index contributed by atoms with van der Waals surface area (Å²) in [7, 11) is -3.86. The maximum Gasteiger partial charge on any atom is 0.263 e. The molecule has 4 nitrogen and oxygen atoms in total. The van der Waals surface area contributed by atoms with Gasteiger partial charge in [-0.2, -0.15) is 0 Å². The summed E-state index contributed by atoms with van der Waals surface area (Å²) in [6.45, 7) is 1.60. The predicted octanol–water partition coefficient (Wildman–Crippen LogP) is 3.09. The van der Waals surface area contributed by atoms with E-state index in [-0.39, 0.29) is 10.7 Å². The van der Waals surface area contributed by atoms with Gasteiger partial charge in [-0.25, -0.2) is 17.8 Å². The quantitative estimate of drug-likeness (QED) is 0.930. The van der Waals surface area contributed by atoms with Crippen LogP contribution in [0.2, 0.25) is 0 Å². The van der Waals surface area contributed by atoms with Crippen LogP contribution in [0, 0.1) is 12.7 Å². The summed E-state index contributed by atoms with van der Waals surface area (Å²) in [4.78, 5) is 3.79. The number of pyridine rings is 1. The number of hydrogen-bond donors (Lipinski definition) is 1. The van der Waals surface area contributed by atoms with Gasteiger partial charge in [0.2, 0.25) is 0 Å². The third-order valence-electron chi connectivity index (χ3n) is 2.40. The monoisotopic (exact) mass is 344 g/mol. The van der Waals surface area contributed by atoms with E-state index >= 15 is 0 Å². The number of halogens is 2. The molecule has 0 aliphatic rings. The van der Waals surface area contributed by atoms with Crippen LogP contribution in [-0.2, 0) is 10.0 Å².